The maximum atomic E-state index is 12.7. The fraction of sp³-hybridized carbons (Fsp3) is 0.333. The lowest BCUT2D eigenvalue weighted by Crippen LogP contribution is -2.34. The van der Waals surface area contributed by atoms with Crippen LogP contribution in [0.2, 0.25) is 0 Å². The Kier molecular flexibility index (Phi) is 5.48. The number of carbonyl (C=O) groups excluding carboxylic acids is 1. The number of para-hydroxylation sites is 1. The number of hydrogen-bond acceptors (Lipinski definition) is 5. The molecule has 1 atom stereocenters. The molecule has 1 fully saturated rings. The number of nitrogens with zero attached hydrogens (tertiary/aromatic N) is 2. The minimum atomic E-state index is -3.67. The Bertz CT molecular complexity index is 1210. The largest absolute Gasteiger partial charge is 0.459 e. The zero-order chi connectivity index (χ0) is 21.3. The molecule has 1 aromatic carbocycles. The molecule has 1 aliphatic rings. The van der Waals surface area contributed by atoms with E-state index in [1.165, 1.54) is 22.6 Å². The first-order valence-corrected chi connectivity index (χ1v) is 11.3. The first-order chi connectivity index (χ1) is 14.3. The van der Waals surface area contributed by atoms with Gasteiger partial charge in [0.2, 0.25) is 15.9 Å². The Morgan fingerprint density at radius 3 is 2.63 bits per heavy atom. The van der Waals surface area contributed by atoms with E-state index in [2.05, 4.69) is 5.32 Å². The fourth-order valence-corrected chi connectivity index (χ4v) is 5.13. The van der Waals surface area contributed by atoms with Crippen LogP contribution in [-0.2, 0) is 21.4 Å². The normalized spacial score (nSPS) is 16.0. The molecular weight excluding hydrogens is 406 g/mol. The summed E-state index contributed by atoms with van der Waals surface area (Å²) in [7, 11) is -3.67. The van der Waals surface area contributed by atoms with Gasteiger partial charge in [-0.3, -0.25) is 9.59 Å². The predicted octanol–water partition coefficient (Wildman–Crippen LogP) is 2.26. The van der Waals surface area contributed by atoms with Gasteiger partial charge in [0.05, 0.1) is 10.9 Å². The summed E-state index contributed by atoms with van der Waals surface area (Å²) in [6.07, 6.45) is 2.88. The van der Waals surface area contributed by atoms with E-state index in [0.717, 1.165) is 28.4 Å². The van der Waals surface area contributed by atoms with Crippen molar-refractivity contribution >= 4 is 26.9 Å². The summed E-state index contributed by atoms with van der Waals surface area (Å²) in [6, 6.07) is 11.5. The molecular formula is C21H23N3O5S. The molecule has 1 unspecified atom stereocenters. The van der Waals surface area contributed by atoms with Crippen LogP contribution < -0.4 is 10.9 Å². The monoisotopic (exact) mass is 429 g/mol. The van der Waals surface area contributed by atoms with E-state index in [-0.39, 0.29) is 11.4 Å². The molecule has 0 radical (unpaired) electrons. The third-order valence-corrected chi connectivity index (χ3v) is 7.10. The lowest BCUT2D eigenvalue weighted by molar-refractivity contribution is -0.122. The number of benzene rings is 1. The lowest BCUT2D eigenvalue weighted by atomic mass is 10.2. The lowest BCUT2D eigenvalue weighted by Gasteiger charge is -2.17. The molecule has 1 amide bonds. The van der Waals surface area contributed by atoms with Crippen LogP contribution in [0.15, 0.2) is 62.8 Å². The molecule has 1 saturated heterocycles. The molecule has 4 rings (SSSR count). The molecule has 3 aromatic rings. The van der Waals surface area contributed by atoms with Crippen LogP contribution in [0.4, 0.5) is 0 Å². The number of carbonyl (C=O) groups is 1. The van der Waals surface area contributed by atoms with Crippen molar-refractivity contribution in [3.05, 3.63) is 64.8 Å². The van der Waals surface area contributed by atoms with Gasteiger partial charge in [0.1, 0.15) is 17.9 Å². The first kappa shape index (κ1) is 20.4. The van der Waals surface area contributed by atoms with Gasteiger partial charge in [0.15, 0.2) is 0 Å². The smallest absolute Gasteiger partial charge is 0.251 e. The Labute approximate surface area is 174 Å². The molecule has 0 aliphatic carbocycles. The van der Waals surface area contributed by atoms with Gasteiger partial charge in [0.25, 0.3) is 5.56 Å². The van der Waals surface area contributed by atoms with Gasteiger partial charge in [-0.15, -0.1) is 0 Å². The van der Waals surface area contributed by atoms with Crippen LogP contribution in [0.3, 0.4) is 0 Å². The van der Waals surface area contributed by atoms with E-state index in [1.807, 2.05) is 30.3 Å². The van der Waals surface area contributed by atoms with E-state index in [9.17, 15) is 18.0 Å². The molecule has 8 nitrogen and oxygen atoms in total. The van der Waals surface area contributed by atoms with Crippen LogP contribution >= 0.6 is 0 Å². The van der Waals surface area contributed by atoms with Gasteiger partial charge < -0.3 is 14.3 Å². The van der Waals surface area contributed by atoms with Crippen molar-refractivity contribution < 1.29 is 17.6 Å². The zero-order valence-electron chi connectivity index (χ0n) is 16.6. The second-order valence-corrected chi connectivity index (χ2v) is 9.36. The highest BCUT2D eigenvalue weighted by molar-refractivity contribution is 7.89. The van der Waals surface area contributed by atoms with Crippen molar-refractivity contribution in [1.82, 2.24) is 14.2 Å². The Morgan fingerprint density at radius 1 is 1.17 bits per heavy atom. The van der Waals surface area contributed by atoms with Gasteiger partial charge in [-0.1, -0.05) is 18.2 Å². The molecule has 1 aliphatic heterocycles. The number of nitrogens with one attached hydrogen (secondary N) is 1. The third-order valence-electron chi connectivity index (χ3n) is 5.22. The van der Waals surface area contributed by atoms with Crippen LogP contribution in [0.25, 0.3) is 11.0 Å². The summed E-state index contributed by atoms with van der Waals surface area (Å²) < 4.78 is 33.7. The Hall–Kier alpha value is -2.91. The predicted molar refractivity (Wildman–Crippen MR) is 111 cm³/mol. The average molecular weight is 429 g/mol. The summed E-state index contributed by atoms with van der Waals surface area (Å²) in [5.41, 5.74) is 0.284. The summed E-state index contributed by atoms with van der Waals surface area (Å²) >= 11 is 0. The molecule has 0 saturated carbocycles. The molecule has 9 heteroatoms. The topological polar surface area (TPSA) is 102 Å². The van der Waals surface area contributed by atoms with E-state index >= 15 is 0 Å². The van der Waals surface area contributed by atoms with Crippen LogP contribution in [0.5, 0.6) is 0 Å². The van der Waals surface area contributed by atoms with E-state index in [4.69, 9.17) is 4.42 Å². The molecule has 0 spiro atoms. The second kappa shape index (κ2) is 8.08. The van der Waals surface area contributed by atoms with Gasteiger partial charge in [-0.25, -0.2) is 8.42 Å². The van der Waals surface area contributed by atoms with Crippen molar-refractivity contribution in [1.29, 1.82) is 0 Å². The number of amides is 1. The number of furan rings is 1. The van der Waals surface area contributed by atoms with Crippen molar-refractivity contribution in [2.75, 3.05) is 13.1 Å². The molecule has 158 valence electrons. The third kappa shape index (κ3) is 4.03. The van der Waals surface area contributed by atoms with Crippen LogP contribution in [0, 0.1) is 0 Å². The highest BCUT2D eigenvalue weighted by Crippen LogP contribution is 2.23. The molecule has 3 heterocycles. The Balaban J connectivity index is 1.49. The number of rotatable bonds is 6. The molecule has 30 heavy (non-hydrogen) atoms. The maximum absolute atomic E-state index is 12.7. The van der Waals surface area contributed by atoms with E-state index in [1.54, 1.807) is 6.92 Å². The summed E-state index contributed by atoms with van der Waals surface area (Å²) in [5.74, 6) is 0.183. The van der Waals surface area contributed by atoms with Crippen molar-refractivity contribution in [3.63, 3.8) is 0 Å². The maximum Gasteiger partial charge on any atom is 0.251 e. The zero-order valence-corrected chi connectivity index (χ0v) is 17.4. The van der Waals surface area contributed by atoms with Crippen molar-refractivity contribution in [2.24, 2.45) is 0 Å². The van der Waals surface area contributed by atoms with Crippen molar-refractivity contribution in [2.45, 2.75) is 37.2 Å². The highest BCUT2D eigenvalue weighted by Gasteiger charge is 2.27. The molecule has 0 bridgehead atoms. The van der Waals surface area contributed by atoms with Crippen LogP contribution in [-0.4, -0.2) is 36.3 Å². The highest BCUT2D eigenvalue weighted by atomic mass is 32.2. The minimum absolute atomic E-state index is 0.0159. The quantitative estimate of drug-likeness (QED) is 0.648. The SMILES string of the molecule is CC(NC(=O)Cn1cc(S(=O)(=O)N2CCCC2)ccc1=O)c1cc2ccccc2o1. The molecule has 2 aromatic heterocycles. The minimum Gasteiger partial charge on any atom is -0.459 e. The van der Waals surface area contributed by atoms with Gasteiger partial charge in [-0.05, 0) is 38.0 Å². The number of aromatic nitrogens is 1. The summed E-state index contributed by atoms with van der Waals surface area (Å²) in [4.78, 5) is 24.7. The van der Waals surface area contributed by atoms with Gasteiger partial charge >= 0.3 is 0 Å². The molecule has 1 N–H and O–H groups in total. The number of sulfonamides is 1. The standard InChI is InChI=1S/C21H23N3O5S/c1-15(19-12-16-6-2-3-7-18(16)29-19)22-20(25)14-23-13-17(8-9-21(23)26)30(27,28)24-10-4-5-11-24/h2-3,6-9,12-13,15H,4-5,10-11,14H2,1H3,(H,22,25). The second-order valence-electron chi connectivity index (χ2n) is 7.42. The summed E-state index contributed by atoms with van der Waals surface area (Å²) in [5, 5.41) is 3.73. The van der Waals surface area contributed by atoms with E-state index in [0.29, 0.717) is 18.8 Å². The Morgan fingerprint density at radius 2 is 1.90 bits per heavy atom. The van der Waals surface area contributed by atoms with E-state index < -0.39 is 27.5 Å². The number of hydrogen-bond donors (Lipinski definition) is 1. The van der Waals surface area contributed by atoms with Gasteiger partial charge in [0, 0.05) is 30.7 Å². The van der Waals surface area contributed by atoms with Gasteiger partial charge in [-0.2, -0.15) is 4.31 Å². The van der Waals surface area contributed by atoms with Crippen molar-refractivity contribution in [3.8, 4) is 0 Å². The number of pyridine rings is 1. The van der Waals surface area contributed by atoms with Crippen LogP contribution in [0.1, 0.15) is 31.6 Å². The number of fused-ring (bicyclic) bond motifs is 1. The average Bonchev–Trinajstić information content (AvgIpc) is 3.39. The fourth-order valence-electron chi connectivity index (χ4n) is 3.59. The summed E-state index contributed by atoms with van der Waals surface area (Å²) in [6.45, 7) is 2.44. The first-order valence-electron chi connectivity index (χ1n) is 9.83.